The molecule has 3 nitrogen and oxygen atoms in total. The van der Waals surface area contributed by atoms with Crippen LogP contribution in [0, 0.1) is 0 Å². The molecule has 0 saturated carbocycles. The zero-order valence-electron chi connectivity index (χ0n) is 11.8. The summed E-state index contributed by atoms with van der Waals surface area (Å²) in [6, 6.07) is 13.1. The molecule has 112 valence electrons. The lowest BCUT2D eigenvalue weighted by molar-refractivity contribution is 0.124. The molecule has 0 aliphatic carbocycles. The van der Waals surface area contributed by atoms with Crippen molar-refractivity contribution in [2.75, 3.05) is 19.3 Å². The Balaban J connectivity index is 2.01. The average Bonchev–Trinajstić information content (AvgIpc) is 2.42. The molecule has 0 aromatic heterocycles. The number of nitrogen functional groups attached to an aromatic ring is 1. The number of nitrogens with two attached hydrogens (primary N) is 1. The Labute approximate surface area is 138 Å². The maximum atomic E-state index is 10.3. The molecule has 0 aliphatic rings. The number of anilines is 1. The highest BCUT2D eigenvalue weighted by Gasteiger charge is 2.14. The van der Waals surface area contributed by atoms with Crippen LogP contribution in [0.15, 0.2) is 46.9 Å². The zero-order valence-corrected chi connectivity index (χ0v) is 14.1. The van der Waals surface area contributed by atoms with E-state index in [1.54, 1.807) is 6.07 Å². The van der Waals surface area contributed by atoms with Gasteiger partial charge < -0.3 is 10.8 Å². The van der Waals surface area contributed by atoms with E-state index in [4.69, 9.17) is 17.3 Å². The number of rotatable bonds is 5. The van der Waals surface area contributed by atoms with Crippen LogP contribution >= 0.6 is 27.5 Å². The molecule has 0 amide bonds. The molecule has 1 unspecified atom stereocenters. The van der Waals surface area contributed by atoms with Crippen LogP contribution in [-0.2, 0) is 6.54 Å². The summed E-state index contributed by atoms with van der Waals surface area (Å²) in [5, 5.41) is 11.0. The van der Waals surface area contributed by atoms with Gasteiger partial charge in [-0.25, -0.2) is 0 Å². The first-order valence-corrected chi connectivity index (χ1v) is 7.79. The van der Waals surface area contributed by atoms with Crippen molar-refractivity contribution >= 4 is 33.2 Å². The number of halogens is 2. The largest absolute Gasteiger partial charge is 0.398 e. The molecule has 0 radical (unpaired) electrons. The lowest BCUT2D eigenvalue weighted by Gasteiger charge is -2.22. The van der Waals surface area contributed by atoms with Gasteiger partial charge in [-0.15, -0.1) is 0 Å². The van der Waals surface area contributed by atoms with Crippen LogP contribution in [0.1, 0.15) is 17.2 Å². The number of benzene rings is 2. The monoisotopic (exact) mass is 368 g/mol. The van der Waals surface area contributed by atoms with Gasteiger partial charge in [-0.3, -0.25) is 4.90 Å². The number of nitrogens with zero attached hydrogens (tertiary/aromatic N) is 1. The molecule has 0 saturated heterocycles. The fourth-order valence-electron chi connectivity index (χ4n) is 2.21. The summed E-state index contributed by atoms with van der Waals surface area (Å²) in [5.74, 6) is 0. The Morgan fingerprint density at radius 2 is 2.00 bits per heavy atom. The van der Waals surface area contributed by atoms with Crippen molar-refractivity contribution in [1.29, 1.82) is 0 Å². The smallest absolute Gasteiger partial charge is 0.0936 e. The van der Waals surface area contributed by atoms with Gasteiger partial charge in [-0.2, -0.15) is 0 Å². The summed E-state index contributed by atoms with van der Waals surface area (Å²) in [5.41, 5.74) is 8.39. The second-order valence-corrected chi connectivity index (χ2v) is 6.37. The molecule has 0 fully saturated rings. The number of para-hydroxylation sites is 1. The predicted molar refractivity (Wildman–Crippen MR) is 91.3 cm³/mol. The van der Waals surface area contributed by atoms with Crippen LogP contribution in [0.25, 0.3) is 0 Å². The normalized spacial score (nSPS) is 12.6. The molecule has 1 atom stereocenters. The van der Waals surface area contributed by atoms with E-state index >= 15 is 0 Å². The molecule has 0 aliphatic heterocycles. The third-order valence-corrected chi connectivity index (χ3v) is 4.27. The van der Waals surface area contributed by atoms with Crippen molar-refractivity contribution in [2.24, 2.45) is 0 Å². The zero-order chi connectivity index (χ0) is 15.4. The van der Waals surface area contributed by atoms with E-state index in [2.05, 4.69) is 15.9 Å². The Morgan fingerprint density at radius 3 is 2.67 bits per heavy atom. The quantitative estimate of drug-likeness (QED) is 0.787. The van der Waals surface area contributed by atoms with Crippen molar-refractivity contribution in [1.82, 2.24) is 4.90 Å². The maximum absolute atomic E-state index is 10.3. The van der Waals surface area contributed by atoms with Gasteiger partial charge in [0, 0.05) is 33.8 Å². The van der Waals surface area contributed by atoms with Gasteiger partial charge in [0.1, 0.15) is 0 Å². The summed E-state index contributed by atoms with van der Waals surface area (Å²) in [6.07, 6.45) is -0.609. The lowest BCUT2D eigenvalue weighted by atomic mass is 10.1. The molecule has 0 heterocycles. The van der Waals surface area contributed by atoms with Gasteiger partial charge in [-0.1, -0.05) is 51.8 Å². The van der Waals surface area contributed by atoms with E-state index in [9.17, 15) is 5.11 Å². The van der Waals surface area contributed by atoms with Crippen molar-refractivity contribution in [3.8, 4) is 0 Å². The van der Waals surface area contributed by atoms with E-state index in [0.717, 1.165) is 15.6 Å². The first-order valence-electron chi connectivity index (χ1n) is 6.62. The summed E-state index contributed by atoms with van der Waals surface area (Å²) in [4.78, 5) is 2.05. The molecular formula is C16H18BrClN2O. The molecule has 5 heteroatoms. The molecule has 21 heavy (non-hydrogen) atoms. The number of aliphatic hydroxyl groups excluding tert-OH is 1. The van der Waals surface area contributed by atoms with E-state index in [-0.39, 0.29) is 0 Å². The summed E-state index contributed by atoms with van der Waals surface area (Å²) >= 11 is 9.44. The third kappa shape index (κ3) is 4.45. The Hall–Kier alpha value is -1.07. The van der Waals surface area contributed by atoms with Crippen LogP contribution in [0.4, 0.5) is 5.69 Å². The van der Waals surface area contributed by atoms with Crippen LogP contribution in [0.5, 0.6) is 0 Å². The van der Waals surface area contributed by atoms with Gasteiger partial charge in [0.25, 0.3) is 0 Å². The Kier molecular flexibility index (Phi) is 5.65. The molecule has 2 aromatic carbocycles. The minimum Gasteiger partial charge on any atom is -0.398 e. The van der Waals surface area contributed by atoms with Gasteiger partial charge in [0.15, 0.2) is 0 Å². The Morgan fingerprint density at radius 1 is 1.29 bits per heavy atom. The number of hydrogen-bond acceptors (Lipinski definition) is 3. The minimum atomic E-state index is -0.609. The van der Waals surface area contributed by atoms with Crippen molar-refractivity contribution in [3.63, 3.8) is 0 Å². The second kappa shape index (κ2) is 7.27. The van der Waals surface area contributed by atoms with Gasteiger partial charge in [0.05, 0.1) is 6.10 Å². The molecule has 2 rings (SSSR count). The lowest BCUT2D eigenvalue weighted by Crippen LogP contribution is -2.24. The number of hydrogen-bond donors (Lipinski definition) is 2. The minimum absolute atomic E-state index is 0.503. The van der Waals surface area contributed by atoms with E-state index in [1.165, 1.54) is 0 Å². The maximum Gasteiger partial charge on any atom is 0.0936 e. The summed E-state index contributed by atoms with van der Waals surface area (Å²) < 4.78 is 0.968. The van der Waals surface area contributed by atoms with Crippen molar-refractivity contribution < 1.29 is 5.11 Å². The molecule has 0 spiro atoms. The predicted octanol–water partition coefficient (Wildman–Crippen LogP) is 3.85. The van der Waals surface area contributed by atoms with Crippen LogP contribution in [0.2, 0.25) is 5.02 Å². The van der Waals surface area contributed by atoms with Gasteiger partial charge in [-0.05, 0) is 30.8 Å². The van der Waals surface area contributed by atoms with E-state index < -0.39 is 6.10 Å². The van der Waals surface area contributed by atoms with Crippen LogP contribution in [0.3, 0.4) is 0 Å². The SMILES string of the molecule is CN(Cc1ccc(Cl)cc1Br)CC(O)c1ccccc1N. The standard InChI is InChI=1S/C16H18BrClN2O/c1-20(9-11-6-7-12(18)8-14(11)17)10-16(21)13-4-2-3-5-15(13)19/h2-8,16,21H,9-10,19H2,1H3. The molecular weight excluding hydrogens is 352 g/mol. The number of likely N-dealkylation sites (N-methyl/N-ethyl adjacent to an activating group) is 1. The van der Waals surface area contributed by atoms with Gasteiger partial charge >= 0.3 is 0 Å². The summed E-state index contributed by atoms with van der Waals surface area (Å²) in [7, 11) is 1.96. The van der Waals surface area contributed by atoms with E-state index in [1.807, 2.05) is 48.3 Å². The fourth-order valence-corrected chi connectivity index (χ4v) is 3.02. The molecule has 3 N–H and O–H groups in total. The average molecular weight is 370 g/mol. The first-order chi connectivity index (χ1) is 9.97. The second-order valence-electron chi connectivity index (χ2n) is 5.08. The van der Waals surface area contributed by atoms with Crippen molar-refractivity contribution in [2.45, 2.75) is 12.6 Å². The topological polar surface area (TPSA) is 49.5 Å². The highest BCUT2D eigenvalue weighted by molar-refractivity contribution is 9.10. The van der Waals surface area contributed by atoms with E-state index in [0.29, 0.717) is 23.8 Å². The highest BCUT2D eigenvalue weighted by atomic mass is 79.9. The third-order valence-electron chi connectivity index (χ3n) is 3.29. The fraction of sp³-hybridized carbons (Fsp3) is 0.250. The highest BCUT2D eigenvalue weighted by Crippen LogP contribution is 2.24. The first kappa shape index (κ1) is 16.3. The van der Waals surface area contributed by atoms with Crippen LogP contribution < -0.4 is 5.73 Å². The number of aliphatic hydroxyl groups is 1. The Bertz CT molecular complexity index is 621. The summed E-state index contributed by atoms with van der Waals surface area (Å²) in [6.45, 7) is 1.21. The van der Waals surface area contributed by atoms with Crippen LogP contribution in [-0.4, -0.2) is 23.6 Å². The van der Waals surface area contributed by atoms with Crippen molar-refractivity contribution in [3.05, 3.63) is 63.1 Å². The molecule has 0 bridgehead atoms. The van der Waals surface area contributed by atoms with Gasteiger partial charge in [0.2, 0.25) is 0 Å². The molecule has 2 aromatic rings.